The maximum Gasteiger partial charge on any atom is 0.161 e. The molecule has 3 nitrogen and oxygen atoms in total. The third-order valence-electron chi connectivity index (χ3n) is 4.81. The van der Waals surface area contributed by atoms with Gasteiger partial charge in [0.2, 0.25) is 0 Å². The Labute approximate surface area is 121 Å². The van der Waals surface area contributed by atoms with Crippen molar-refractivity contribution >= 4 is 0 Å². The molecule has 20 heavy (non-hydrogen) atoms. The zero-order valence-electron chi connectivity index (χ0n) is 13.2. The number of hydrogen-bond acceptors (Lipinski definition) is 3. The van der Waals surface area contributed by atoms with Crippen molar-refractivity contribution in [2.45, 2.75) is 46.1 Å². The van der Waals surface area contributed by atoms with Crippen molar-refractivity contribution in [1.29, 1.82) is 0 Å². The molecule has 1 aromatic rings. The molecule has 1 N–H and O–H groups in total. The fourth-order valence-electron chi connectivity index (χ4n) is 3.47. The van der Waals surface area contributed by atoms with Crippen LogP contribution in [-0.2, 0) is 0 Å². The van der Waals surface area contributed by atoms with E-state index in [1.165, 1.54) is 12.8 Å². The number of benzene rings is 1. The van der Waals surface area contributed by atoms with Crippen LogP contribution in [0.3, 0.4) is 0 Å². The lowest BCUT2D eigenvalue weighted by molar-refractivity contribution is 0.0525. The minimum atomic E-state index is -0.438. The summed E-state index contributed by atoms with van der Waals surface area (Å²) in [6.45, 7) is 6.52. The van der Waals surface area contributed by atoms with E-state index in [-0.39, 0.29) is 5.41 Å². The van der Waals surface area contributed by atoms with Crippen molar-refractivity contribution in [1.82, 2.24) is 0 Å². The Morgan fingerprint density at radius 1 is 1.20 bits per heavy atom. The molecule has 0 heterocycles. The smallest absolute Gasteiger partial charge is 0.161 e. The van der Waals surface area contributed by atoms with Crippen LogP contribution in [0.15, 0.2) is 12.1 Å². The van der Waals surface area contributed by atoms with Crippen molar-refractivity contribution in [2.75, 3.05) is 14.2 Å². The molecule has 0 radical (unpaired) electrons. The van der Waals surface area contributed by atoms with Crippen molar-refractivity contribution in [3.63, 3.8) is 0 Å². The van der Waals surface area contributed by atoms with Gasteiger partial charge < -0.3 is 14.6 Å². The predicted molar refractivity (Wildman–Crippen MR) is 80.4 cm³/mol. The summed E-state index contributed by atoms with van der Waals surface area (Å²) in [7, 11) is 3.26. The first-order valence-corrected chi connectivity index (χ1v) is 7.31. The van der Waals surface area contributed by atoms with Gasteiger partial charge in [0.05, 0.1) is 20.3 Å². The highest BCUT2D eigenvalue weighted by molar-refractivity contribution is 5.48. The molecule has 0 bridgehead atoms. The maximum absolute atomic E-state index is 10.8. The highest BCUT2D eigenvalue weighted by Crippen LogP contribution is 2.49. The summed E-state index contributed by atoms with van der Waals surface area (Å²) >= 11 is 0. The van der Waals surface area contributed by atoms with Gasteiger partial charge in [-0.25, -0.2) is 0 Å². The lowest BCUT2D eigenvalue weighted by Crippen LogP contribution is -2.24. The largest absolute Gasteiger partial charge is 0.493 e. The summed E-state index contributed by atoms with van der Waals surface area (Å²) in [4.78, 5) is 0. The average Bonchev–Trinajstić information content (AvgIpc) is 2.77. The molecule has 2 unspecified atom stereocenters. The molecule has 1 fully saturated rings. The van der Waals surface area contributed by atoms with Gasteiger partial charge >= 0.3 is 0 Å². The van der Waals surface area contributed by atoms with Crippen molar-refractivity contribution in [3.8, 4) is 11.5 Å². The first-order valence-electron chi connectivity index (χ1n) is 7.31. The number of hydrogen-bond donors (Lipinski definition) is 1. The number of methoxy groups -OCH3 is 2. The molecule has 1 aromatic carbocycles. The topological polar surface area (TPSA) is 38.7 Å². The van der Waals surface area contributed by atoms with Crippen LogP contribution in [0.4, 0.5) is 0 Å². The molecule has 0 spiro atoms. The molecule has 1 saturated carbocycles. The molecule has 2 atom stereocenters. The summed E-state index contributed by atoms with van der Waals surface area (Å²) < 4.78 is 10.7. The zero-order chi connectivity index (χ0) is 14.9. The molecule has 0 aromatic heterocycles. The second-order valence-electron chi connectivity index (χ2n) is 6.50. The van der Waals surface area contributed by atoms with Crippen molar-refractivity contribution in [3.05, 3.63) is 23.3 Å². The summed E-state index contributed by atoms with van der Waals surface area (Å²) in [5.41, 5.74) is 2.21. The van der Waals surface area contributed by atoms with Gasteiger partial charge in [-0.05, 0) is 54.4 Å². The Hall–Kier alpha value is -1.22. The summed E-state index contributed by atoms with van der Waals surface area (Å²) in [5, 5.41) is 10.8. The number of aliphatic hydroxyl groups excluding tert-OH is 1. The zero-order valence-corrected chi connectivity index (χ0v) is 13.2. The molecule has 0 amide bonds. The molecule has 112 valence electrons. The highest BCUT2D eigenvalue weighted by atomic mass is 16.5. The maximum atomic E-state index is 10.8. The number of ether oxygens (including phenoxy) is 2. The standard InChI is InChI=1S/C17H26O3/c1-11-9-14(19-4)15(20-5)10-12(11)16(18)13-7-6-8-17(13,2)3/h9-10,13,16,18H,6-8H2,1-5H3. The van der Waals surface area contributed by atoms with E-state index in [9.17, 15) is 5.11 Å². The van der Waals surface area contributed by atoms with E-state index < -0.39 is 6.10 Å². The van der Waals surface area contributed by atoms with Crippen LogP contribution in [0.5, 0.6) is 11.5 Å². The molecule has 0 aliphatic heterocycles. The van der Waals surface area contributed by atoms with Gasteiger partial charge in [0.1, 0.15) is 0 Å². The quantitative estimate of drug-likeness (QED) is 0.908. The van der Waals surface area contributed by atoms with Crippen LogP contribution in [0.25, 0.3) is 0 Å². The molecule has 2 rings (SSSR count). The van der Waals surface area contributed by atoms with Crippen LogP contribution < -0.4 is 9.47 Å². The third kappa shape index (κ3) is 2.64. The van der Waals surface area contributed by atoms with Gasteiger partial charge in [-0.1, -0.05) is 20.3 Å². The average molecular weight is 278 g/mol. The van der Waals surface area contributed by atoms with Crippen LogP contribution in [0, 0.1) is 18.3 Å². The Balaban J connectivity index is 2.37. The second kappa shape index (κ2) is 5.65. The van der Waals surface area contributed by atoms with E-state index in [2.05, 4.69) is 13.8 Å². The molecule has 1 aliphatic rings. The van der Waals surface area contributed by atoms with Crippen LogP contribution in [0.2, 0.25) is 0 Å². The lowest BCUT2D eigenvalue weighted by Gasteiger charge is -2.32. The van der Waals surface area contributed by atoms with E-state index in [0.29, 0.717) is 17.4 Å². The van der Waals surface area contributed by atoms with Gasteiger partial charge in [-0.15, -0.1) is 0 Å². The van der Waals surface area contributed by atoms with E-state index in [1.807, 2.05) is 19.1 Å². The number of aryl methyl sites for hydroxylation is 1. The summed E-state index contributed by atoms with van der Waals surface area (Å²) in [6.07, 6.45) is 3.02. The summed E-state index contributed by atoms with van der Waals surface area (Å²) in [5.74, 6) is 1.70. The number of aliphatic hydroxyl groups is 1. The first-order chi connectivity index (χ1) is 9.40. The monoisotopic (exact) mass is 278 g/mol. The molecule has 3 heteroatoms. The molecular formula is C17H26O3. The SMILES string of the molecule is COc1cc(C)c(C(O)C2CCCC2(C)C)cc1OC. The van der Waals surface area contributed by atoms with E-state index in [4.69, 9.17) is 9.47 Å². The fourth-order valence-corrected chi connectivity index (χ4v) is 3.47. The molecule has 1 aliphatic carbocycles. The van der Waals surface area contributed by atoms with Gasteiger partial charge in [-0.2, -0.15) is 0 Å². The first kappa shape index (κ1) is 15.2. The highest BCUT2D eigenvalue weighted by Gasteiger charge is 2.40. The van der Waals surface area contributed by atoms with Crippen LogP contribution in [0.1, 0.15) is 50.3 Å². The minimum Gasteiger partial charge on any atom is -0.493 e. The Kier molecular flexibility index (Phi) is 4.28. The predicted octanol–water partition coefficient (Wildman–Crippen LogP) is 3.87. The Bertz CT molecular complexity index is 479. The summed E-state index contributed by atoms with van der Waals surface area (Å²) in [6, 6.07) is 3.87. The van der Waals surface area contributed by atoms with Gasteiger partial charge in [0.25, 0.3) is 0 Å². The normalized spacial score (nSPS) is 22.6. The van der Waals surface area contributed by atoms with E-state index >= 15 is 0 Å². The molecular weight excluding hydrogens is 252 g/mol. The fraction of sp³-hybridized carbons (Fsp3) is 0.647. The van der Waals surface area contributed by atoms with Crippen molar-refractivity contribution < 1.29 is 14.6 Å². The van der Waals surface area contributed by atoms with Crippen molar-refractivity contribution in [2.24, 2.45) is 11.3 Å². The second-order valence-corrected chi connectivity index (χ2v) is 6.50. The number of rotatable bonds is 4. The van der Waals surface area contributed by atoms with Gasteiger partial charge in [0.15, 0.2) is 11.5 Å². The van der Waals surface area contributed by atoms with Crippen LogP contribution in [-0.4, -0.2) is 19.3 Å². The Morgan fingerprint density at radius 3 is 2.30 bits per heavy atom. The molecule has 0 saturated heterocycles. The van der Waals surface area contributed by atoms with Gasteiger partial charge in [-0.3, -0.25) is 0 Å². The van der Waals surface area contributed by atoms with E-state index in [0.717, 1.165) is 17.5 Å². The minimum absolute atomic E-state index is 0.193. The van der Waals surface area contributed by atoms with Gasteiger partial charge in [0, 0.05) is 0 Å². The Morgan fingerprint density at radius 2 is 1.80 bits per heavy atom. The van der Waals surface area contributed by atoms with Crippen LogP contribution >= 0.6 is 0 Å². The lowest BCUT2D eigenvalue weighted by atomic mass is 9.76. The van der Waals surface area contributed by atoms with E-state index in [1.54, 1.807) is 14.2 Å². The third-order valence-corrected chi connectivity index (χ3v) is 4.81.